The van der Waals surface area contributed by atoms with Gasteiger partial charge in [0.1, 0.15) is 5.75 Å². The smallest absolute Gasteiger partial charge is 0.189 e. The summed E-state index contributed by atoms with van der Waals surface area (Å²) < 4.78 is 11.7. The number of halogens is 1. The molecule has 0 bridgehead atoms. The van der Waals surface area contributed by atoms with Crippen molar-refractivity contribution in [1.29, 1.82) is 0 Å². The van der Waals surface area contributed by atoms with Crippen molar-refractivity contribution in [2.45, 2.75) is 33.4 Å². The van der Waals surface area contributed by atoms with Gasteiger partial charge in [0.2, 0.25) is 0 Å². The predicted octanol–water partition coefficient (Wildman–Crippen LogP) is 3.32. The highest BCUT2D eigenvalue weighted by molar-refractivity contribution is 9.10. The maximum absolute atomic E-state index is 5.48. The Morgan fingerprint density at radius 2 is 2.12 bits per heavy atom. The number of rotatable bonds is 7. The Balaban J connectivity index is 2.59. The van der Waals surface area contributed by atoms with Gasteiger partial charge in [-0.2, -0.15) is 0 Å². The largest absolute Gasteiger partial charge is 0.468 e. The molecule has 0 aliphatic heterocycles. The highest BCUT2D eigenvalue weighted by atomic mass is 79.9. The van der Waals surface area contributed by atoms with Gasteiger partial charge in [-0.15, -0.1) is 0 Å². The molecule has 0 atom stereocenters. The maximum atomic E-state index is 5.48. The van der Waals surface area contributed by atoms with E-state index in [9.17, 15) is 0 Å². The molecule has 0 spiro atoms. The van der Waals surface area contributed by atoms with Crippen molar-refractivity contribution in [2.24, 2.45) is 0 Å². The molecule has 96 valence electrons. The predicted molar refractivity (Wildman–Crippen MR) is 73.2 cm³/mol. The molecule has 0 unspecified atom stereocenters. The van der Waals surface area contributed by atoms with E-state index in [4.69, 9.17) is 9.47 Å². The summed E-state index contributed by atoms with van der Waals surface area (Å²) in [7, 11) is 0. The Labute approximate surface area is 112 Å². The summed E-state index contributed by atoms with van der Waals surface area (Å²) >= 11 is 3.54. The maximum Gasteiger partial charge on any atom is 0.189 e. The van der Waals surface area contributed by atoms with Crippen LogP contribution >= 0.6 is 15.9 Å². The molecule has 0 heterocycles. The average molecular weight is 302 g/mol. The zero-order valence-electron chi connectivity index (χ0n) is 10.6. The average Bonchev–Trinajstić information content (AvgIpc) is 2.29. The van der Waals surface area contributed by atoms with Gasteiger partial charge >= 0.3 is 0 Å². The van der Waals surface area contributed by atoms with E-state index in [2.05, 4.69) is 35.1 Å². The summed E-state index contributed by atoms with van der Waals surface area (Å²) in [6.45, 7) is 7.99. The minimum absolute atomic E-state index is 0.301. The fraction of sp³-hybridized carbons (Fsp3) is 0.538. The van der Waals surface area contributed by atoms with E-state index in [0.717, 1.165) is 16.8 Å². The van der Waals surface area contributed by atoms with Crippen molar-refractivity contribution < 1.29 is 9.47 Å². The van der Waals surface area contributed by atoms with Crippen LogP contribution in [0.3, 0.4) is 0 Å². The van der Waals surface area contributed by atoms with E-state index in [1.807, 2.05) is 25.1 Å². The first-order valence-electron chi connectivity index (χ1n) is 5.85. The lowest BCUT2D eigenvalue weighted by atomic mass is 10.2. The topological polar surface area (TPSA) is 30.5 Å². The number of nitrogens with one attached hydrogen (secondary N) is 1. The van der Waals surface area contributed by atoms with E-state index >= 15 is 0 Å². The van der Waals surface area contributed by atoms with Gasteiger partial charge < -0.3 is 14.8 Å². The SMILES string of the molecule is CCOCOc1ccc(Br)c(CNC(C)C)c1. The van der Waals surface area contributed by atoms with Crippen molar-refractivity contribution in [3.8, 4) is 5.75 Å². The number of hydrogen-bond acceptors (Lipinski definition) is 3. The molecular formula is C13H20BrNO2. The van der Waals surface area contributed by atoms with Crippen LogP contribution in [0.5, 0.6) is 5.75 Å². The summed E-state index contributed by atoms with van der Waals surface area (Å²) in [6, 6.07) is 6.42. The molecule has 0 aliphatic rings. The number of hydrogen-bond donors (Lipinski definition) is 1. The molecule has 17 heavy (non-hydrogen) atoms. The van der Waals surface area contributed by atoms with Gasteiger partial charge in [0, 0.05) is 23.7 Å². The minimum atomic E-state index is 0.301. The fourth-order valence-electron chi connectivity index (χ4n) is 1.28. The molecule has 0 aliphatic carbocycles. The Kier molecular flexibility index (Phi) is 6.55. The van der Waals surface area contributed by atoms with Crippen molar-refractivity contribution in [3.63, 3.8) is 0 Å². The van der Waals surface area contributed by atoms with E-state index < -0.39 is 0 Å². The first kappa shape index (κ1) is 14.5. The summed E-state index contributed by atoms with van der Waals surface area (Å²) in [6.07, 6.45) is 0. The molecule has 1 aromatic rings. The van der Waals surface area contributed by atoms with Crippen molar-refractivity contribution in [3.05, 3.63) is 28.2 Å². The lowest BCUT2D eigenvalue weighted by molar-refractivity contribution is 0.0223. The first-order valence-corrected chi connectivity index (χ1v) is 6.65. The van der Waals surface area contributed by atoms with Gasteiger partial charge in [0.25, 0.3) is 0 Å². The van der Waals surface area contributed by atoms with Gasteiger partial charge in [0.15, 0.2) is 6.79 Å². The van der Waals surface area contributed by atoms with E-state index in [1.165, 1.54) is 5.56 Å². The number of benzene rings is 1. The third kappa shape index (κ3) is 5.52. The van der Waals surface area contributed by atoms with Crippen LogP contribution in [0.15, 0.2) is 22.7 Å². The van der Waals surface area contributed by atoms with E-state index in [1.54, 1.807) is 0 Å². The molecule has 0 saturated heterocycles. The highest BCUT2D eigenvalue weighted by Crippen LogP contribution is 2.22. The van der Waals surface area contributed by atoms with Crippen LogP contribution in [-0.4, -0.2) is 19.4 Å². The van der Waals surface area contributed by atoms with Gasteiger partial charge in [0.05, 0.1) is 0 Å². The Morgan fingerprint density at radius 3 is 2.76 bits per heavy atom. The summed E-state index contributed by atoms with van der Waals surface area (Å²) in [5.41, 5.74) is 1.19. The highest BCUT2D eigenvalue weighted by Gasteiger charge is 2.03. The molecule has 0 saturated carbocycles. The van der Waals surface area contributed by atoms with Crippen LogP contribution in [0.25, 0.3) is 0 Å². The van der Waals surface area contributed by atoms with Gasteiger partial charge in [-0.1, -0.05) is 29.8 Å². The quantitative estimate of drug-likeness (QED) is 0.619. The lowest BCUT2D eigenvalue weighted by Crippen LogP contribution is -2.22. The molecule has 0 radical (unpaired) electrons. The monoisotopic (exact) mass is 301 g/mol. The second-order valence-corrected chi connectivity index (χ2v) is 4.90. The zero-order chi connectivity index (χ0) is 12.7. The molecule has 4 heteroatoms. The lowest BCUT2D eigenvalue weighted by Gasteiger charge is -2.12. The second kappa shape index (κ2) is 7.69. The molecule has 0 amide bonds. The Bertz CT molecular complexity index is 342. The summed E-state index contributed by atoms with van der Waals surface area (Å²) in [5, 5.41) is 3.38. The fourth-order valence-corrected chi connectivity index (χ4v) is 1.67. The van der Waals surface area contributed by atoms with Gasteiger partial charge in [-0.05, 0) is 30.7 Å². The van der Waals surface area contributed by atoms with Crippen LogP contribution in [0.1, 0.15) is 26.3 Å². The van der Waals surface area contributed by atoms with Crippen molar-refractivity contribution in [2.75, 3.05) is 13.4 Å². The Hall–Kier alpha value is -0.580. The van der Waals surface area contributed by atoms with Crippen molar-refractivity contribution in [1.82, 2.24) is 5.32 Å². The zero-order valence-corrected chi connectivity index (χ0v) is 12.2. The molecule has 1 aromatic carbocycles. The van der Waals surface area contributed by atoms with Crippen LogP contribution in [-0.2, 0) is 11.3 Å². The molecule has 1 rings (SSSR count). The van der Waals surface area contributed by atoms with Crippen LogP contribution < -0.4 is 10.1 Å². The molecule has 0 fully saturated rings. The van der Waals surface area contributed by atoms with Crippen LogP contribution in [0.4, 0.5) is 0 Å². The molecular weight excluding hydrogens is 282 g/mol. The third-order valence-electron chi connectivity index (χ3n) is 2.23. The first-order chi connectivity index (χ1) is 8.13. The van der Waals surface area contributed by atoms with E-state index in [-0.39, 0.29) is 0 Å². The van der Waals surface area contributed by atoms with Crippen LogP contribution in [0, 0.1) is 0 Å². The van der Waals surface area contributed by atoms with Crippen molar-refractivity contribution >= 4 is 15.9 Å². The normalized spacial score (nSPS) is 10.9. The number of ether oxygens (including phenoxy) is 2. The van der Waals surface area contributed by atoms with Gasteiger partial charge in [-0.3, -0.25) is 0 Å². The van der Waals surface area contributed by atoms with E-state index in [0.29, 0.717) is 19.4 Å². The summed E-state index contributed by atoms with van der Waals surface area (Å²) in [5.74, 6) is 0.835. The second-order valence-electron chi connectivity index (χ2n) is 4.04. The molecule has 0 aromatic heterocycles. The summed E-state index contributed by atoms with van der Waals surface area (Å²) in [4.78, 5) is 0. The minimum Gasteiger partial charge on any atom is -0.468 e. The molecule has 1 N–H and O–H groups in total. The molecule has 3 nitrogen and oxygen atoms in total. The Morgan fingerprint density at radius 1 is 1.35 bits per heavy atom. The standard InChI is InChI=1S/C13H20BrNO2/c1-4-16-9-17-12-5-6-13(14)11(7-12)8-15-10(2)3/h5-7,10,15H,4,8-9H2,1-3H3. The third-order valence-corrected chi connectivity index (χ3v) is 3.00. The van der Waals surface area contributed by atoms with Gasteiger partial charge in [-0.25, -0.2) is 0 Å². The van der Waals surface area contributed by atoms with Crippen LogP contribution in [0.2, 0.25) is 0 Å².